The molecule has 0 unspecified atom stereocenters. The van der Waals surface area contributed by atoms with Crippen molar-refractivity contribution in [1.29, 1.82) is 0 Å². The van der Waals surface area contributed by atoms with Gasteiger partial charge in [-0.05, 0) is 44.9 Å². The fourth-order valence-corrected chi connectivity index (χ4v) is 3.43. The highest BCUT2D eigenvalue weighted by molar-refractivity contribution is 5.82. The predicted octanol–water partition coefficient (Wildman–Crippen LogP) is 4.38. The van der Waals surface area contributed by atoms with Gasteiger partial charge in [0, 0.05) is 24.6 Å². The van der Waals surface area contributed by atoms with Gasteiger partial charge in [0.05, 0.1) is 23.2 Å². The number of piperidine rings is 1. The van der Waals surface area contributed by atoms with Gasteiger partial charge in [0.15, 0.2) is 5.75 Å². The predicted molar refractivity (Wildman–Crippen MR) is 103 cm³/mol. The van der Waals surface area contributed by atoms with Crippen molar-refractivity contribution in [1.82, 2.24) is 14.9 Å². The van der Waals surface area contributed by atoms with Gasteiger partial charge in [-0.3, -0.25) is 0 Å². The molecular formula is C20H21F3N4O3. The summed E-state index contributed by atoms with van der Waals surface area (Å²) >= 11 is 0. The summed E-state index contributed by atoms with van der Waals surface area (Å²) in [6.07, 6.45) is -2.80. The molecule has 0 atom stereocenters. The summed E-state index contributed by atoms with van der Waals surface area (Å²) < 4.78 is 38.5. The number of amides is 1. The molecule has 1 aromatic heterocycles. The molecule has 1 fully saturated rings. The highest BCUT2D eigenvalue weighted by Gasteiger charge is 2.30. The molecule has 1 amide bonds. The zero-order valence-electron chi connectivity index (χ0n) is 16.5. The van der Waals surface area contributed by atoms with E-state index in [1.165, 1.54) is 23.2 Å². The van der Waals surface area contributed by atoms with Gasteiger partial charge < -0.3 is 14.8 Å². The normalized spacial score (nSPS) is 15.6. The Kier molecular flexibility index (Phi) is 6.23. The molecule has 2 heterocycles. The molecule has 2 aromatic rings. The Morgan fingerprint density at radius 3 is 2.60 bits per heavy atom. The van der Waals surface area contributed by atoms with Crippen LogP contribution in [0, 0.1) is 13.8 Å². The highest BCUT2D eigenvalue weighted by Crippen LogP contribution is 2.32. The lowest BCUT2D eigenvalue weighted by molar-refractivity contribution is -0.137. The Bertz CT molecular complexity index is 955. The number of oxime groups is 1. The minimum absolute atomic E-state index is 0.0241. The van der Waals surface area contributed by atoms with Crippen molar-refractivity contribution >= 4 is 12.3 Å². The summed E-state index contributed by atoms with van der Waals surface area (Å²) in [5.41, 5.74) is 1.20. The van der Waals surface area contributed by atoms with E-state index >= 15 is 0 Å². The quantitative estimate of drug-likeness (QED) is 0.584. The van der Waals surface area contributed by atoms with Crippen molar-refractivity contribution in [2.24, 2.45) is 5.16 Å². The average molecular weight is 422 g/mol. The smallest absolute Gasteiger partial charge is 0.416 e. The second-order valence-corrected chi connectivity index (χ2v) is 7.05. The van der Waals surface area contributed by atoms with E-state index in [4.69, 9.17) is 9.94 Å². The SMILES string of the molecule is Cc1nc(C)c(C=NOc2cccc(C(F)(F)F)c2)c(C2CCN(C(=O)O)CC2)n1. The standard InChI is InChI=1S/C20H21F3N4O3/c1-12-17(11-24-30-16-5-3-4-15(10-16)20(21,22)23)18(26-13(2)25-12)14-6-8-27(9-7-14)19(28)29/h3-5,10-11,14H,6-9H2,1-2H3,(H,28,29). The lowest BCUT2D eigenvalue weighted by Gasteiger charge is -2.30. The van der Waals surface area contributed by atoms with Crippen molar-refractivity contribution in [3.05, 3.63) is 52.6 Å². The molecule has 7 nitrogen and oxygen atoms in total. The number of hydrogen-bond donors (Lipinski definition) is 1. The Morgan fingerprint density at radius 2 is 1.97 bits per heavy atom. The first-order valence-electron chi connectivity index (χ1n) is 9.36. The van der Waals surface area contributed by atoms with E-state index in [1.807, 2.05) is 0 Å². The van der Waals surface area contributed by atoms with E-state index < -0.39 is 17.8 Å². The van der Waals surface area contributed by atoms with Crippen molar-refractivity contribution in [3.8, 4) is 5.75 Å². The maximum Gasteiger partial charge on any atom is 0.416 e. The molecule has 0 saturated carbocycles. The molecule has 0 aliphatic carbocycles. The van der Waals surface area contributed by atoms with Gasteiger partial charge in [-0.2, -0.15) is 13.2 Å². The maximum absolute atomic E-state index is 12.8. The number of alkyl halides is 3. The zero-order valence-corrected chi connectivity index (χ0v) is 16.5. The minimum Gasteiger partial charge on any atom is -0.465 e. The largest absolute Gasteiger partial charge is 0.465 e. The fraction of sp³-hybridized carbons (Fsp3) is 0.400. The van der Waals surface area contributed by atoms with Crippen molar-refractivity contribution < 1.29 is 27.9 Å². The number of carbonyl (C=O) groups is 1. The third kappa shape index (κ3) is 5.05. The number of hydrogen-bond acceptors (Lipinski definition) is 5. The van der Waals surface area contributed by atoms with Gasteiger partial charge in [-0.25, -0.2) is 14.8 Å². The summed E-state index contributed by atoms with van der Waals surface area (Å²) in [5.74, 6) is 0.568. The molecule has 0 radical (unpaired) electrons. The van der Waals surface area contributed by atoms with E-state index in [-0.39, 0.29) is 11.7 Å². The number of carboxylic acid groups (broad SMARTS) is 1. The molecule has 0 spiro atoms. The molecule has 1 aromatic carbocycles. The van der Waals surface area contributed by atoms with E-state index in [2.05, 4.69) is 15.1 Å². The molecule has 10 heteroatoms. The molecule has 1 saturated heterocycles. The summed E-state index contributed by atoms with van der Waals surface area (Å²) in [5, 5.41) is 13.0. The maximum atomic E-state index is 12.8. The van der Waals surface area contributed by atoms with Gasteiger partial charge in [-0.1, -0.05) is 11.2 Å². The van der Waals surface area contributed by atoms with Crippen LogP contribution in [0.25, 0.3) is 0 Å². The Morgan fingerprint density at radius 1 is 1.27 bits per heavy atom. The molecule has 1 aliphatic heterocycles. The van der Waals surface area contributed by atoms with Crippen LogP contribution in [0.4, 0.5) is 18.0 Å². The number of aromatic nitrogens is 2. The molecule has 30 heavy (non-hydrogen) atoms. The van der Waals surface area contributed by atoms with Crippen LogP contribution in [-0.4, -0.2) is 45.4 Å². The van der Waals surface area contributed by atoms with Gasteiger partial charge in [-0.15, -0.1) is 0 Å². The van der Waals surface area contributed by atoms with Gasteiger partial charge in [0.1, 0.15) is 5.82 Å². The van der Waals surface area contributed by atoms with Crippen LogP contribution >= 0.6 is 0 Å². The first-order chi connectivity index (χ1) is 14.1. The fourth-order valence-electron chi connectivity index (χ4n) is 3.43. The molecule has 1 aliphatic rings. The zero-order chi connectivity index (χ0) is 21.9. The lowest BCUT2D eigenvalue weighted by Crippen LogP contribution is -2.37. The second kappa shape index (κ2) is 8.68. The van der Waals surface area contributed by atoms with Crippen LogP contribution in [0.3, 0.4) is 0 Å². The van der Waals surface area contributed by atoms with E-state index in [0.717, 1.165) is 17.8 Å². The Hall–Kier alpha value is -3.17. The molecule has 1 N–H and O–H groups in total. The van der Waals surface area contributed by atoms with Gasteiger partial charge in [0.25, 0.3) is 0 Å². The number of benzene rings is 1. The summed E-state index contributed by atoms with van der Waals surface area (Å²) in [7, 11) is 0. The van der Waals surface area contributed by atoms with Crippen LogP contribution < -0.4 is 4.84 Å². The van der Waals surface area contributed by atoms with E-state index in [9.17, 15) is 18.0 Å². The first-order valence-corrected chi connectivity index (χ1v) is 9.36. The number of halogens is 3. The van der Waals surface area contributed by atoms with Crippen molar-refractivity contribution in [2.75, 3.05) is 13.1 Å². The Balaban J connectivity index is 1.80. The van der Waals surface area contributed by atoms with Crippen LogP contribution in [-0.2, 0) is 6.18 Å². The van der Waals surface area contributed by atoms with Gasteiger partial charge in [0.2, 0.25) is 0 Å². The highest BCUT2D eigenvalue weighted by atomic mass is 19.4. The monoisotopic (exact) mass is 422 g/mol. The molecule has 0 bridgehead atoms. The lowest BCUT2D eigenvalue weighted by atomic mass is 9.90. The number of aryl methyl sites for hydroxylation is 2. The van der Waals surface area contributed by atoms with E-state index in [0.29, 0.717) is 43.0 Å². The number of rotatable bonds is 4. The van der Waals surface area contributed by atoms with E-state index in [1.54, 1.807) is 13.8 Å². The van der Waals surface area contributed by atoms with Crippen LogP contribution in [0.1, 0.15) is 47.1 Å². The minimum atomic E-state index is -4.47. The van der Waals surface area contributed by atoms with Crippen molar-refractivity contribution in [3.63, 3.8) is 0 Å². The number of nitrogens with zero attached hydrogens (tertiary/aromatic N) is 4. The van der Waals surface area contributed by atoms with Crippen LogP contribution in [0.2, 0.25) is 0 Å². The average Bonchev–Trinajstić information content (AvgIpc) is 2.69. The molecule has 3 rings (SSSR count). The number of likely N-dealkylation sites (tertiary alicyclic amines) is 1. The van der Waals surface area contributed by atoms with Crippen LogP contribution in [0.5, 0.6) is 5.75 Å². The second-order valence-electron chi connectivity index (χ2n) is 7.05. The van der Waals surface area contributed by atoms with Crippen LogP contribution in [0.15, 0.2) is 29.4 Å². The Labute approximate surface area is 171 Å². The molecular weight excluding hydrogens is 401 g/mol. The summed E-state index contributed by atoms with van der Waals surface area (Å²) in [6, 6.07) is 4.46. The topological polar surface area (TPSA) is 87.9 Å². The van der Waals surface area contributed by atoms with Gasteiger partial charge >= 0.3 is 12.3 Å². The molecule has 160 valence electrons. The first kappa shape index (κ1) is 21.5. The third-order valence-electron chi connectivity index (χ3n) is 4.93. The third-order valence-corrected chi connectivity index (χ3v) is 4.93. The van der Waals surface area contributed by atoms with Crippen molar-refractivity contribution in [2.45, 2.75) is 38.8 Å². The summed E-state index contributed by atoms with van der Waals surface area (Å²) in [4.78, 5) is 26.5. The summed E-state index contributed by atoms with van der Waals surface area (Å²) in [6.45, 7) is 4.36.